The lowest BCUT2D eigenvalue weighted by Crippen LogP contribution is -2.25. The first-order valence-corrected chi connectivity index (χ1v) is 4.09. The summed E-state index contributed by atoms with van der Waals surface area (Å²) in [5.41, 5.74) is 0. The van der Waals surface area contributed by atoms with Gasteiger partial charge in [-0.15, -0.1) is 0 Å². The minimum atomic E-state index is 0.261. The standard InChI is InChI=1S/C8H16O2/c1-7-3-2-4-8(10-7)5-6-9/h7-9H,2-6H2,1H3/t7-,8-/m1/s1. The fourth-order valence-corrected chi connectivity index (χ4v) is 1.45. The van der Waals surface area contributed by atoms with E-state index in [2.05, 4.69) is 6.92 Å². The molecule has 1 aliphatic heterocycles. The topological polar surface area (TPSA) is 29.5 Å². The van der Waals surface area contributed by atoms with Gasteiger partial charge >= 0.3 is 0 Å². The molecular weight excluding hydrogens is 128 g/mol. The van der Waals surface area contributed by atoms with E-state index in [0.717, 1.165) is 12.8 Å². The third kappa shape index (κ3) is 2.27. The second-order valence-electron chi connectivity index (χ2n) is 3.01. The van der Waals surface area contributed by atoms with E-state index in [1.54, 1.807) is 0 Å². The van der Waals surface area contributed by atoms with Crippen molar-refractivity contribution >= 4 is 0 Å². The second kappa shape index (κ2) is 3.94. The van der Waals surface area contributed by atoms with Crippen LogP contribution in [0.25, 0.3) is 0 Å². The molecule has 0 bridgehead atoms. The molecule has 2 atom stereocenters. The largest absolute Gasteiger partial charge is 0.396 e. The molecule has 0 aromatic rings. The summed E-state index contributed by atoms with van der Waals surface area (Å²) >= 11 is 0. The lowest BCUT2D eigenvalue weighted by atomic mass is 10.0. The van der Waals surface area contributed by atoms with Crippen molar-refractivity contribution in [2.75, 3.05) is 6.61 Å². The maximum absolute atomic E-state index is 8.62. The maximum Gasteiger partial charge on any atom is 0.0600 e. The quantitative estimate of drug-likeness (QED) is 0.633. The Bertz CT molecular complexity index is 91.3. The third-order valence-corrected chi connectivity index (χ3v) is 2.01. The predicted molar refractivity (Wildman–Crippen MR) is 39.9 cm³/mol. The van der Waals surface area contributed by atoms with Crippen LogP contribution in [0.3, 0.4) is 0 Å². The maximum atomic E-state index is 8.62. The van der Waals surface area contributed by atoms with E-state index in [4.69, 9.17) is 9.84 Å². The molecule has 1 rings (SSSR count). The Morgan fingerprint density at radius 2 is 2.30 bits per heavy atom. The van der Waals surface area contributed by atoms with Gasteiger partial charge in [-0.1, -0.05) is 0 Å². The molecule has 0 aromatic carbocycles. The first kappa shape index (κ1) is 8.02. The first-order valence-electron chi connectivity index (χ1n) is 4.09. The van der Waals surface area contributed by atoms with E-state index in [-0.39, 0.29) is 6.61 Å². The molecular formula is C8H16O2. The molecule has 10 heavy (non-hydrogen) atoms. The average molecular weight is 144 g/mol. The van der Waals surface area contributed by atoms with Gasteiger partial charge in [0.1, 0.15) is 0 Å². The van der Waals surface area contributed by atoms with Crippen LogP contribution in [-0.4, -0.2) is 23.9 Å². The Labute approximate surface area is 62.2 Å². The molecule has 1 fully saturated rings. The summed E-state index contributed by atoms with van der Waals surface area (Å²) in [7, 11) is 0. The van der Waals surface area contributed by atoms with Gasteiger partial charge in [-0.2, -0.15) is 0 Å². The number of aliphatic hydroxyl groups is 1. The highest BCUT2D eigenvalue weighted by Gasteiger charge is 2.17. The molecule has 1 aliphatic rings. The Balaban J connectivity index is 2.18. The normalized spacial score (nSPS) is 34.2. The van der Waals surface area contributed by atoms with Gasteiger partial charge in [0.05, 0.1) is 12.2 Å². The molecule has 0 spiro atoms. The van der Waals surface area contributed by atoms with E-state index in [1.165, 1.54) is 12.8 Å². The van der Waals surface area contributed by atoms with Crippen molar-refractivity contribution in [2.45, 2.75) is 44.8 Å². The predicted octanol–water partition coefficient (Wildman–Crippen LogP) is 1.33. The molecule has 0 amide bonds. The van der Waals surface area contributed by atoms with Crippen molar-refractivity contribution in [1.82, 2.24) is 0 Å². The Morgan fingerprint density at radius 1 is 1.50 bits per heavy atom. The van der Waals surface area contributed by atoms with Gasteiger partial charge in [0.2, 0.25) is 0 Å². The summed E-state index contributed by atoms with van der Waals surface area (Å²) in [4.78, 5) is 0. The van der Waals surface area contributed by atoms with E-state index < -0.39 is 0 Å². The van der Waals surface area contributed by atoms with Crippen LogP contribution in [-0.2, 0) is 4.74 Å². The van der Waals surface area contributed by atoms with Gasteiger partial charge in [-0.05, 0) is 32.6 Å². The van der Waals surface area contributed by atoms with Crippen LogP contribution in [0.15, 0.2) is 0 Å². The van der Waals surface area contributed by atoms with E-state index in [1.807, 2.05) is 0 Å². The van der Waals surface area contributed by atoms with Crippen molar-refractivity contribution in [3.63, 3.8) is 0 Å². The zero-order chi connectivity index (χ0) is 7.40. The van der Waals surface area contributed by atoms with Gasteiger partial charge in [0, 0.05) is 6.61 Å². The van der Waals surface area contributed by atoms with E-state index in [0.29, 0.717) is 12.2 Å². The molecule has 1 saturated heterocycles. The van der Waals surface area contributed by atoms with Crippen molar-refractivity contribution in [3.8, 4) is 0 Å². The Kier molecular flexibility index (Phi) is 3.16. The van der Waals surface area contributed by atoms with Gasteiger partial charge < -0.3 is 9.84 Å². The minimum absolute atomic E-state index is 0.261. The van der Waals surface area contributed by atoms with E-state index >= 15 is 0 Å². The lowest BCUT2D eigenvalue weighted by molar-refractivity contribution is -0.0489. The number of hydrogen-bond acceptors (Lipinski definition) is 2. The molecule has 1 heterocycles. The molecule has 0 aromatic heterocycles. The Morgan fingerprint density at radius 3 is 2.90 bits per heavy atom. The highest BCUT2D eigenvalue weighted by atomic mass is 16.5. The molecule has 60 valence electrons. The average Bonchev–Trinajstić information content (AvgIpc) is 1.88. The Hall–Kier alpha value is -0.0800. The van der Waals surface area contributed by atoms with Crippen molar-refractivity contribution < 1.29 is 9.84 Å². The third-order valence-electron chi connectivity index (χ3n) is 2.01. The van der Waals surface area contributed by atoms with Crippen LogP contribution >= 0.6 is 0 Å². The van der Waals surface area contributed by atoms with Crippen molar-refractivity contribution in [3.05, 3.63) is 0 Å². The zero-order valence-electron chi connectivity index (χ0n) is 6.55. The highest BCUT2D eigenvalue weighted by Crippen LogP contribution is 2.20. The van der Waals surface area contributed by atoms with Crippen molar-refractivity contribution in [1.29, 1.82) is 0 Å². The molecule has 2 heteroatoms. The summed E-state index contributed by atoms with van der Waals surface area (Å²) in [5, 5.41) is 8.62. The van der Waals surface area contributed by atoms with Crippen LogP contribution in [0.2, 0.25) is 0 Å². The van der Waals surface area contributed by atoms with Crippen LogP contribution in [0.5, 0.6) is 0 Å². The summed E-state index contributed by atoms with van der Waals surface area (Å²) < 4.78 is 5.57. The molecule has 1 N–H and O–H groups in total. The number of hydrogen-bond donors (Lipinski definition) is 1. The number of aliphatic hydroxyl groups excluding tert-OH is 1. The second-order valence-corrected chi connectivity index (χ2v) is 3.01. The van der Waals surface area contributed by atoms with Crippen LogP contribution in [0.4, 0.5) is 0 Å². The van der Waals surface area contributed by atoms with Gasteiger partial charge in [0.15, 0.2) is 0 Å². The molecule has 0 saturated carbocycles. The van der Waals surface area contributed by atoms with E-state index in [9.17, 15) is 0 Å². The van der Waals surface area contributed by atoms with Gasteiger partial charge in [-0.3, -0.25) is 0 Å². The SMILES string of the molecule is C[C@@H]1CCC[C@H](CCO)O1. The lowest BCUT2D eigenvalue weighted by Gasteiger charge is -2.27. The highest BCUT2D eigenvalue weighted by molar-refractivity contribution is 4.67. The number of rotatable bonds is 2. The molecule has 0 unspecified atom stereocenters. The number of ether oxygens (including phenoxy) is 1. The monoisotopic (exact) mass is 144 g/mol. The first-order chi connectivity index (χ1) is 4.83. The minimum Gasteiger partial charge on any atom is -0.396 e. The summed E-state index contributed by atoms with van der Waals surface area (Å²) in [5.74, 6) is 0. The summed E-state index contributed by atoms with van der Waals surface area (Å²) in [6.07, 6.45) is 5.11. The zero-order valence-corrected chi connectivity index (χ0v) is 6.55. The molecule has 2 nitrogen and oxygen atoms in total. The van der Waals surface area contributed by atoms with Crippen LogP contribution in [0, 0.1) is 0 Å². The van der Waals surface area contributed by atoms with Crippen LogP contribution < -0.4 is 0 Å². The summed E-state index contributed by atoms with van der Waals surface area (Å²) in [6, 6.07) is 0. The van der Waals surface area contributed by atoms with Gasteiger partial charge in [0.25, 0.3) is 0 Å². The van der Waals surface area contributed by atoms with Crippen LogP contribution in [0.1, 0.15) is 32.6 Å². The molecule has 0 radical (unpaired) electrons. The van der Waals surface area contributed by atoms with Gasteiger partial charge in [-0.25, -0.2) is 0 Å². The smallest absolute Gasteiger partial charge is 0.0600 e. The fourth-order valence-electron chi connectivity index (χ4n) is 1.45. The fraction of sp³-hybridized carbons (Fsp3) is 1.00. The summed E-state index contributed by atoms with van der Waals surface area (Å²) in [6.45, 7) is 2.36. The van der Waals surface area contributed by atoms with Crippen molar-refractivity contribution in [2.24, 2.45) is 0 Å². The molecule has 0 aliphatic carbocycles.